The van der Waals surface area contributed by atoms with E-state index in [2.05, 4.69) is 15.0 Å². The summed E-state index contributed by atoms with van der Waals surface area (Å²) in [6.07, 6.45) is 0.679. The van der Waals surface area contributed by atoms with Gasteiger partial charge in [-0.05, 0) is 26.0 Å². The van der Waals surface area contributed by atoms with Gasteiger partial charge in [-0.1, -0.05) is 19.1 Å². The summed E-state index contributed by atoms with van der Waals surface area (Å²) < 4.78 is 17.8. The maximum absolute atomic E-state index is 12.5. The Hall–Kier alpha value is -3.95. The topological polar surface area (TPSA) is 135 Å². The number of para-hydroxylation sites is 2. The number of ether oxygens (including phenoxy) is 2. The van der Waals surface area contributed by atoms with E-state index in [4.69, 9.17) is 19.6 Å². The standard InChI is InChI=1S/C22H23N5O5/c1-4-16-24-13-8-6-7-9-14(13)27(16)10-17(28)31-11-15-25-20(23)19-18(22(29)30-5-2)12(3)32-21(19)26-15/h6-9H,4-5,10-11H2,1-3H3,(H2,23,25,26). The van der Waals surface area contributed by atoms with Gasteiger partial charge < -0.3 is 24.2 Å². The van der Waals surface area contributed by atoms with Crippen LogP contribution in [0.2, 0.25) is 0 Å². The summed E-state index contributed by atoms with van der Waals surface area (Å²) in [5.41, 5.74) is 8.07. The molecular weight excluding hydrogens is 414 g/mol. The summed E-state index contributed by atoms with van der Waals surface area (Å²) in [4.78, 5) is 37.7. The van der Waals surface area contributed by atoms with E-state index in [0.717, 1.165) is 16.9 Å². The number of anilines is 1. The fourth-order valence-electron chi connectivity index (χ4n) is 3.59. The summed E-state index contributed by atoms with van der Waals surface area (Å²) in [6.45, 7) is 5.33. The van der Waals surface area contributed by atoms with Crippen molar-refractivity contribution in [2.24, 2.45) is 0 Å². The molecule has 0 amide bonds. The zero-order valence-electron chi connectivity index (χ0n) is 18.0. The van der Waals surface area contributed by atoms with Gasteiger partial charge in [-0.3, -0.25) is 4.79 Å². The van der Waals surface area contributed by atoms with Crippen LogP contribution in [-0.2, 0) is 33.8 Å². The van der Waals surface area contributed by atoms with Gasteiger partial charge in [0.25, 0.3) is 0 Å². The largest absolute Gasteiger partial charge is 0.462 e. The first kappa shape index (κ1) is 21.3. The van der Waals surface area contributed by atoms with Crippen LogP contribution in [0.1, 0.15) is 41.6 Å². The first-order valence-electron chi connectivity index (χ1n) is 10.2. The van der Waals surface area contributed by atoms with Crippen molar-refractivity contribution >= 4 is 39.9 Å². The van der Waals surface area contributed by atoms with Crippen molar-refractivity contribution < 1.29 is 23.5 Å². The minimum absolute atomic E-state index is 0.00821. The Balaban J connectivity index is 1.52. The highest BCUT2D eigenvalue weighted by molar-refractivity contribution is 6.07. The number of aromatic nitrogens is 4. The second-order valence-electron chi connectivity index (χ2n) is 7.08. The van der Waals surface area contributed by atoms with Crippen molar-refractivity contribution in [2.45, 2.75) is 40.3 Å². The van der Waals surface area contributed by atoms with E-state index in [1.165, 1.54) is 0 Å². The molecule has 166 valence electrons. The van der Waals surface area contributed by atoms with Crippen LogP contribution < -0.4 is 5.73 Å². The van der Waals surface area contributed by atoms with Crippen LogP contribution in [0.4, 0.5) is 5.82 Å². The lowest BCUT2D eigenvalue weighted by atomic mass is 10.2. The second kappa shape index (κ2) is 8.66. The third kappa shape index (κ3) is 3.86. The number of fused-ring (bicyclic) bond motifs is 2. The molecule has 0 aliphatic carbocycles. The maximum atomic E-state index is 12.5. The lowest BCUT2D eigenvalue weighted by Gasteiger charge is -2.09. The Kier molecular flexibility index (Phi) is 5.76. The lowest BCUT2D eigenvalue weighted by Crippen LogP contribution is -2.16. The number of imidazole rings is 1. The van der Waals surface area contributed by atoms with E-state index in [-0.39, 0.29) is 48.1 Å². The van der Waals surface area contributed by atoms with Gasteiger partial charge in [0.2, 0.25) is 5.71 Å². The van der Waals surface area contributed by atoms with Crippen LogP contribution in [0.15, 0.2) is 28.7 Å². The van der Waals surface area contributed by atoms with Crippen LogP contribution in [-0.4, -0.2) is 38.1 Å². The predicted molar refractivity (Wildman–Crippen MR) is 116 cm³/mol. The normalized spacial score (nSPS) is 11.2. The molecule has 0 bridgehead atoms. The Morgan fingerprint density at radius 1 is 1.12 bits per heavy atom. The van der Waals surface area contributed by atoms with Crippen LogP contribution in [0.3, 0.4) is 0 Å². The molecule has 0 unspecified atom stereocenters. The van der Waals surface area contributed by atoms with Gasteiger partial charge >= 0.3 is 11.9 Å². The van der Waals surface area contributed by atoms with Gasteiger partial charge in [0, 0.05) is 6.42 Å². The molecule has 0 fully saturated rings. The number of nitrogens with two attached hydrogens (primary N) is 1. The average molecular weight is 437 g/mol. The fraction of sp³-hybridized carbons (Fsp3) is 0.318. The number of furan rings is 1. The summed E-state index contributed by atoms with van der Waals surface area (Å²) in [5, 5.41) is 0.286. The molecule has 0 saturated heterocycles. The van der Waals surface area contributed by atoms with Gasteiger partial charge in [0.1, 0.15) is 29.5 Å². The Morgan fingerprint density at radius 3 is 2.66 bits per heavy atom. The number of nitrogen functional groups attached to an aromatic ring is 1. The number of carbonyl (C=O) groups is 2. The Morgan fingerprint density at radius 2 is 1.91 bits per heavy atom. The van der Waals surface area contributed by atoms with Crippen molar-refractivity contribution in [2.75, 3.05) is 12.3 Å². The lowest BCUT2D eigenvalue weighted by molar-refractivity contribution is -0.145. The molecule has 0 radical (unpaired) electrons. The number of hydrogen-bond donors (Lipinski definition) is 1. The highest BCUT2D eigenvalue weighted by atomic mass is 16.5. The highest BCUT2D eigenvalue weighted by Crippen LogP contribution is 2.29. The van der Waals surface area contributed by atoms with Crippen molar-refractivity contribution in [1.82, 2.24) is 19.5 Å². The fourth-order valence-corrected chi connectivity index (χ4v) is 3.59. The molecule has 4 aromatic rings. The molecule has 3 heterocycles. The smallest absolute Gasteiger partial charge is 0.342 e. The third-order valence-corrected chi connectivity index (χ3v) is 4.98. The van der Waals surface area contributed by atoms with Crippen LogP contribution in [0.5, 0.6) is 0 Å². The molecule has 0 atom stereocenters. The summed E-state index contributed by atoms with van der Waals surface area (Å²) in [6, 6.07) is 7.61. The molecule has 0 aliphatic heterocycles. The minimum atomic E-state index is -0.558. The molecule has 10 heteroatoms. The first-order chi connectivity index (χ1) is 15.4. The summed E-state index contributed by atoms with van der Waals surface area (Å²) >= 11 is 0. The highest BCUT2D eigenvalue weighted by Gasteiger charge is 2.24. The molecule has 0 saturated carbocycles. The number of aryl methyl sites for hydroxylation is 2. The van der Waals surface area contributed by atoms with E-state index < -0.39 is 11.9 Å². The van der Waals surface area contributed by atoms with Crippen molar-refractivity contribution in [3.8, 4) is 0 Å². The average Bonchev–Trinajstić information content (AvgIpc) is 3.29. The summed E-state index contributed by atoms with van der Waals surface area (Å²) in [7, 11) is 0. The van der Waals surface area contributed by atoms with Gasteiger partial charge in [-0.2, -0.15) is 4.98 Å². The molecular formula is C22H23N5O5. The zero-order chi connectivity index (χ0) is 22.8. The zero-order valence-corrected chi connectivity index (χ0v) is 18.0. The number of hydrogen-bond acceptors (Lipinski definition) is 9. The van der Waals surface area contributed by atoms with Crippen molar-refractivity contribution in [3.05, 3.63) is 47.2 Å². The SMILES string of the molecule is CCOC(=O)c1c(C)oc2nc(COC(=O)Cn3c(CC)nc4ccccc43)nc(N)c12. The first-order valence-corrected chi connectivity index (χ1v) is 10.2. The molecule has 3 aromatic heterocycles. The molecule has 1 aromatic carbocycles. The number of rotatable bonds is 7. The molecule has 10 nitrogen and oxygen atoms in total. The Bertz CT molecular complexity index is 1320. The van der Waals surface area contributed by atoms with Gasteiger partial charge in [0.05, 0.1) is 23.0 Å². The van der Waals surface area contributed by atoms with Crippen LogP contribution >= 0.6 is 0 Å². The van der Waals surface area contributed by atoms with Crippen molar-refractivity contribution in [3.63, 3.8) is 0 Å². The summed E-state index contributed by atoms with van der Waals surface area (Å²) in [5.74, 6) is 0.314. The molecule has 0 spiro atoms. The molecule has 0 aliphatic rings. The van der Waals surface area contributed by atoms with Gasteiger partial charge in [-0.25, -0.2) is 14.8 Å². The van der Waals surface area contributed by atoms with Gasteiger partial charge in [-0.15, -0.1) is 0 Å². The quantitative estimate of drug-likeness (QED) is 0.433. The predicted octanol–water partition coefficient (Wildman–Crippen LogP) is 2.95. The van der Waals surface area contributed by atoms with E-state index in [1.54, 1.807) is 13.8 Å². The van der Waals surface area contributed by atoms with Crippen LogP contribution in [0, 0.1) is 6.92 Å². The Labute approximate surface area is 183 Å². The third-order valence-electron chi connectivity index (χ3n) is 4.98. The van der Waals surface area contributed by atoms with E-state index in [1.807, 2.05) is 35.8 Å². The minimum Gasteiger partial charge on any atom is -0.462 e. The van der Waals surface area contributed by atoms with E-state index in [9.17, 15) is 9.59 Å². The number of carbonyl (C=O) groups excluding carboxylic acids is 2. The van der Waals surface area contributed by atoms with E-state index in [0.29, 0.717) is 12.2 Å². The molecule has 32 heavy (non-hydrogen) atoms. The second-order valence-corrected chi connectivity index (χ2v) is 7.08. The molecule has 2 N–H and O–H groups in total. The van der Waals surface area contributed by atoms with Gasteiger partial charge in [0.15, 0.2) is 12.4 Å². The monoisotopic (exact) mass is 437 g/mol. The number of esters is 2. The van der Waals surface area contributed by atoms with Crippen LogP contribution in [0.25, 0.3) is 22.1 Å². The van der Waals surface area contributed by atoms with E-state index >= 15 is 0 Å². The number of nitrogens with zero attached hydrogens (tertiary/aromatic N) is 4. The maximum Gasteiger partial charge on any atom is 0.342 e. The number of benzene rings is 1. The molecule has 4 rings (SSSR count). The van der Waals surface area contributed by atoms with Crippen molar-refractivity contribution in [1.29, 1.82) is 0 Å².